The first-order chi connectivity index (χ1) is 4.97. The Kier molecular flexibility index (Phi) is 17.5. The molecule has 0 N–H and O–H groups in total. The van der Waals surface area contributed by atoms with Crippen LogP contribution in [0.5, 0.6) is 0 Å². The molecule has 0 aliphatic heterocycles. The zero-order chi connectivity index (χ0) is 9.33. The van der Waals surface area contributed by atoms with Crippen molar-refractivity contribution in [1.82, 2.24) is 0 Å². The van der Waals surface area contributed by atoms with E-state index in [0.29, 0.717) is 0 Å². The molecule has 0 spiro atoms. The predicted octanol–water partition coefficient (Wildman–Crippen LogP) is 4.08. The maximum Gasteiger partial charge on any atom is 3.00 e. The van der Waals surface area contributed by atoms with Crippen molar-refractivity contribution < 1.29 is 16.5 Å². The van der Waals surface area contributed by atoms with Gasteiger partial charge in [-0.1, -0.05) is 27.2 Å². The number of hydrogen-bond acceptors (Lipinski definition) is 0. The fourth-order valence-corrected chi connectivity index (χ4v) is 0.479. The molecule has 0 amide bonds. The van der Waals surface area contributed by atoms with Gasteiger partial charge in [-0.2, -0.15) is 18.3 Å². The largest absolute Gasteiger partial charge is 3.00 e. The van der Waals surface area contributed by atoms with Crippen molar-refractivity contribution in [2.24, 2.45) is 5.41 Å². The van der Waals surface area contributed by atoms with E-state index >= 15 is 0 Å². The maximum atomic E-state index is 3.92. The second kappa shape index (κ2) is 11.5. The van der Waals surface area contributed by atoms with Crippen molar-refractivity contribution in [1.29, 1.82) is 0 Å². The van der Waals surface area contributed by atoms with Crippen molar-refractivity contribution in [2.75, 3.05) is 0 Å². The summed E-state index contributed by atoms with van der Waals surface area (Å²) in [6.45, 7) is 17.6. The van der Waals surface area contributed by atoms with Gasteiger partial charge in [0.25, 0.3) is 0 Å². The summed E-state index contributed by atoms with van der Waals surface area (Å²) in [6, 6.07) is 0. The minimum atomic E-state index is 0. The molecule has 0 bridgehead atoms. The molecule has 0 aliphatic carbocycles. The van der Waals surface area contributed by atoms with E-state index in [4.69, 9.17) is 0 Å². The van der Waals surface area contributed by atoms with Crippen LogP contribution in [0.3, 0.4) is 0 Å². The van der Waals surface area contributed by atoms with E-state index in [1.54, 1.807) is 0 Å². The summed E-state index contributed by atoms with van der Waals surface area (Å²) < 4.78 is 0. The maximum absolute atomic E-state index is 3.92. The molecule has 1 radical (unpaired) electrons. The fourth-order valence-electron chi connectivity index (χ4n) is 0.479. The summed E-state index contributed by atoms with van der Waals surface area (Å²) in [6.07, 6.45) is 4.39. The van der Waals surface area contributed by atoms with Gasteiger partial charge in [0.1, 0.15) is 0 Å². The number of unbranched alkanes of at least 4 members (excludes halogenated alkanes) is 1. The molecule has 1 heteroatoms. The Morgan fingerprint density at radius 3 is 1.42 bits per heavy atom. The first-order valence-corrected chi connectivity index (χ1v) is 4.41. The van der Waals surface area contributed by atoms with Crippen LogP contribution in [0.2, 0.25) is 0 Å². The van der Waals surface area contributed by atoms with Crippen molar-refractivity contribution in [3.05, 3.63) is 20.8 Å². The SMILES string of the molecule is [CH2-]CCC.[CH2-]CCC([CH2-])(C)C.[Ni+3]. The Balaban J connectivity index is -0.000000142. The number of rotatable bonds is 3. The van der Waals surface area contributed by atoms with Gasteiger partial charge in [-0.15, -0.1) is 6.42 Å². The molecule has 0 unspecified atom stereocenters. The molecule has 0 atom stereocenters. The summed E-state index contributed by atoms with van der Waals surface area (Å²) in [5, 5.41) is 0. The van der Waals surface area contributed by atoms with E-state index in [-0.39, 0.29) is 21.9 Å². The van der Waals surface area contributed by atoms with Gasteiger partial charge in [0, 0.05) is 0 Å². The Morgan fingerprint density at radius 2 is 1.42 bits per heavy atom. The molecule has 0 aromatic rings. The van der Waals surface area contributed by atoms with Crippen molar-refractivity contribution in [3.63, 3.8) is 0 Å². The second-order valence-corrected chi connectivity index (χ2v) is 3.62. The second-order valence-electron chi connectivity index (χ2n) is 3.62. The molecule has 12 heavy (non-hydrogen) atoms. The van der Waals surface area contributed by atoms with Gasteiger partial charge in [-0.25, -0.2) is 0 Å². The van der Waals surface area contributed by atoms with Crippen LogP contribution >= 0.6 is 0 Å². The Hall–Kier alpha value is 0.494. The monoisotopic (exact) mass is 213 g/mol. The molecular formula is C11H23Ni. The molecule has 0 nitrogen and oxygen atoms in total. The number of hydrogen-bond donors (Lipinski definition) is 0. The van der Waals surface area contributed by atoms with Crippen LogP contribution in [0.25, 0.3) is 0 Å². The molecule has 0 saturated heterocycles. The predicted molar refractivity (Wildman–Crippen MR) is 54.0 cm³/mol. The summed E-state index contributed by atoms with van der Waals surface area (Å²) in [7, 11) is 0. The van der Waals surface area contributed by atoms with E-state index in [1.165, 1.54) is 6.42 Å². The van der Waals surface area contributed by atoms with Crippen LogP contribution in [0.1, 0.15) is 46.5 Å². The fraction of sp³-hybridized carbons (Fsp3) is 0.727. The quantitative estimate of drug-likeness (QED) is 0.490. The molecule has 0 aliphatic rings. The van der Waals surface area contributed by atoms with Gasteiger partial charge in [0.15, 0.2) is 0 Å². The van der Waals surface area contributed by atoms with E-state index < -0.39 is 0 Å². The Bertz CT molecular complexity index is 59.9. The van der Waals surface area contributed by atoms with Crippen LogP contribution in [-0.2, 0) is 16.5 Å². The Labute approximate surface area is 89.4 Å². The Morgan fingerprint density at radius 1 is 1.08 bits per heavy atom. The van der Waals surface area contributed by atoms with Gasteiger partial charge in [0.05, 0.1) is 0 Å². The summed E-state index contributed by atoms with van der Waals surface area (Å²) in [4.78, 5) is 0. The smallest absolute Gasteiger partial charge is 0.343 e. The van der Waals surface area contributed by atoms with Crippen LogP contribution in [0.15, 0.2) is 0 Å². The zero-order valence-electron chi connectivity index (χ0n) is 8.77. The first-order valence-electron chi connectivity index (χ1n) is 4.41. The van der Waals surface area contributed by atoms with Gasteiger partial charge < -0.3 is 20.8 Å². The molecule has 0 aromatic heterocycles. The summed E-state index contributed by atoms with van der Waals surface area (Å²) >= 11 is 0. The van der Waals surface area contributed by atoms with Crippen molar-refractivity contribution in [2.45, 2.75) is 46.5 Å². The van der Waals surface area contributed by atoms with E-state index in [9.17, 15) is 0 Å². The third kappa shape index (κ3) is 31.3. The van der Waals surface area contributed by atoms with Crippen molar-refractivity contribution >= 4 is 0 Å². The molecule has 0 rings (SSSR count). The molecular weight excluding hydrogens is 191 g/mol. The van der Waals surface area contributed by atoms with Crippen LogP contribution in [0.4, 0.5) is 0 Å². The first kappa shape index (κ1) is 18.3. The topological polar surface area (TPSA) is 0 Å². The van der Waals surface area contributed by atoms with E-state index in [0.717, 1.165) is 19.3 Å². The van der Waals surface area contributed by atoms with Gasteiger partial charge in [0.2, 0.25) is 0 Å². The van der Waals surface area contributed by atoms with Gasteiger partial charge in [-0.3, -0.25) is 0 Å². The average Bonchev–Trinajstić information content (AvgIpc) is 1.86. The standard InChI is InChI=1S/C7H14.C4H9.Ni/c1-5-6-7(2,3)4;1-3-4-2;/h1-2,5-6H2,3-4H3;1,3-4H2,2H3;/q-2;-1;+3. The molecule has 0 saturated carbocycles. The minimum absolute atomic E-state index is 0. The zero-order valence-corrected chi connectivity index (χ0v) is 9.75. The van der Waals surface area contributed by atoms with Gasteiger partial charge in [-0.05, 0) is 0 Å². The third-order valence-electron chi connectivity index (χ3n) is 1.21. The van der Waals surface area contributed by atoms with Crippen LogP contribution in [-0.4, -0.2) is 0 Å². The summed E-state index contributed by atoms with van der Waals surface area (Å²) in [5.41, 5.74) is 0.238. The third-order valence-corrected chi connectivity index (χ3v) is 1.21. The van der Waals surface area contributed by atoms with E-state index in [2.05, 4.69) is 41.5 Å². The van der Waals surface area contributed by atoms with Crippen molar-refractivity contribution in [3.8, 4) is 0 Å². The van der Waals surface area contributed by atoms with E-state index in [1.807, 2.05) is 0 Å². The van der Waals surface area contributed by atoms with Crippen LogP contribution in [0, 0.1) is 26.2 Å². The summed E-state index contributed by atoms with van der Waals surface area (Å²) in [5.74, 6) is 0. The average molecular weight is 214 g/mol. The molecule has 0 aromatic carbocycles. The molecule has 77 valence electrons. The molecule has 0 heterocycles. The minimum Gasteiger partial charge on any atom is -0.343 e. The molecule has 0 fully saturated rings. The van der Waals surface area contributed by atoms with Gasteiger partial charge >= 0.3 is 16.5 Å². The normalized spacial score (nSPS) is 9.50. The van der Waals surface area contributed by atoms with Crippen LogP contribution < -0.4 is 0 Å².